The van der Waals surface area contributed by atoms with E-state index in [1.165, 1.54) is 6.33 Å². The predicted octanol–water partition coefficient (Wildman–Crippen LogP) is 0.320. The average molecular weight is 275 g/mol. The fourth-order valence-corrected chi connectivity index (χ4v) is 1.79. The van der Waals surface area contributed by atoms with Crippen LogP contribution < -0.4 is 11.3 Å². The van der Waals surface area contributed by atoms with Crippen molar-refractivity contribution in [1.29, 1.82) is 0 Å². The van der Waals surface area contributed by atoms with Gasteiger partial charge in [0.2, 0.25) is 0 Å². The Morgan fingerprint density at radius 2 is 2.30 bits per heavy atom. The maximum absolute atomic E-state index is 12.4. The van der Waals surface area contributed by atoms with Gasteiger partial charge in [-0.15, -0.1) is 0 Å². The Labute approximate surface area is 116 Å². The molecule has 0 unspecified atom stereocenters. The number of aromatic amines is 1. The van der Waals surface area contributed by atoms with E-state index < -0.39 is 0 Å². The van der Waals surface area contributed by atoms with E-state index in [-0.39, 0.29) is 5.91 Å². The maximum atomic E-state index is 12.4. The van der Waals surface area contributed by atoms with Crippen molar-refractivity contribution in [2.75, 3.05) is 12.5 Å². The number of aromatic nitrogens is 4. The number of amides is 1. The van der Waals surface area contributed by atoms with Gasteiger partial charge in [0.05, 0.1) is 6.54 Å². The van der Waals surface area contributed by atoms with E-state index in [2.05, 4.69) is 25.6 Å². The summed E-state index contributed by atoms with van der Waals surface area (Å²) >= 11 is 0. The smallest absolute Gasteiger partial charge is 0.254 e. The van der Waals surface area contributed by atoms with E-state index in [1.54, 1.807) is 24.1 Å². The van der Waals surface area contributed by atoms with Crippen LogP contribution in [-0.4, -0.2) is 38.0 Å². The first-order valence-corrected chi connectivity index (χ1v) is 6.21. The second-order valence-electron chi connectivity index (χ2n) is 4.32. The third-order valence-electron chi connectivity index (χ3n) is 2.83. The fraction of sp³-hybridized carbons (Fsp3) is 0.333. The van der Waals surface area contributed by atoms with Crippen molar-refractivity contribution < 1.29 is 4.79 Å². The summed E-state index contributed by atoms with van der Waals surface area (Å²) < 4.78 is 0. The topological polar surface area (TPSA) is 113 Å². The number of aryl methyl sites for hydroxylation is 1. The molecule has 0 bridgehead atoms. The number of rotatable bonds is 5. The number of hydrogen-bond acceptors (Lipinski definition) is 6. The van der Waals surface area contributed by atoms with Gasteiger partial charge in [-0.1, -0.05) is 6.92 Å². The van der Waals surface area contributed by atoms with Gasteiger partial charge in [0, 0.05) is 18.3 Å². The molecule has 0 aliphatic carbocycles. The second-order valence-corrected chi connectivity index (χ2v) is 4.32. The van der Waals surface area contributed by atoms with E-state index in [1.807, 2.05) is 6.92 Å². The summed E-state index contributed by atoms with van der Waals surface area (Å²) in [5.74, 6) is 6.34. The molecule has 2 heterocycles. The van der Waals surface area contributed by atoms with Crippen molar-refractivity contribution in [1.82, 2.24) is 25.1 Å². The SMILES string of the molecule is CCc1cc(C(=O)N(C)Cc2ncn[nH]2)cc(NN)n1. The molecule has 0 saturated heterocycles. The molecule has 2 aromatic heterocycles. The normalized spacial score (nSPS) is 10.3. The minimum absolute atomic E-state index is 0.130. The molecule has 0 spiro atoms. The van der Waals surface area contributed by atoms with Crippen LogP contribution in [0.15, 0.2) is 18.5 Å². The highest BCUT2D eigenvalue weighted by molar-refractivity contribution is 5.94. The van der Waals surface area contributed by atoms with E-state index in [0.717, 1.165) is 12.1 Å². The van der Waals surface area contributed by atoms with Crippen LogP contribution >= 0.6 is 0 Å². The zero-order valence-electron chi connectivity index (χ0n) is 11.4. The predicted molar refractivity (Wildman–Crippen MR) is 73.6 cm³/mol. The Bertz CT molecular complexity index is 559. The molecule has 2 aromatic rings. The number of hydrazine groups is 1. The summed E-state index contributed by atoms with van der Waals surface area (Å²) in [4.78, 5) is 22.2. The Morgan fingerprint density at radius 1 is 1.50 bits per heavy atom. The van der Waals surface area contributed by atoms with Gasteiger partial charge in [0.15, 0.2) is 0 Å². The van der Waals surface area contributed by atoms with Crippen molar-refractivity contribution in [3.63, 3.8) is 0 Å². The molecule has 106 valence electrons. The largest absolute Gasteiger partial charge is 0.334 e. The van der Waals surface area contributed by atoms with Crippen LogP contribution in [0.25, 0.3) is 0 Å². The minimum atomic E-state index is -0.130. The molecular weight excluding hydrogens is 258 g/mol. The van der Waals surface area contributed by atoms with E-state index in [4.69, 9.17) is 5.84 Å². The molecule has 0 aromatic carbocycles. The summed E-state index contributed by atoms with van der Waals surface area (Å²) in [5, 5.41) is 6.47. The van der Waals surface area contributed by atoms with Crippen molar-refractivity contribution >= 4 is 11.7 Å². The summed E-state index contributed by atoms with van der Waals surface area (Å²) in [6.07, 6.45) is 2.13. The number of nitrogens with zero attached hydrogens (tertiary/aromatic N) is 4. The number of nitrogens with one attached hydrogen (secondary N) is 2. The molecule has 0 fully saturated rings. The molecule has 20 heavy (non-hydrogen) atoms. The number of anilines is 1. The van der Waals surface area contributed by atoms with Crippen molar-refractivity contribution in [3.8, 4) is 0 Å². The van der Waals surface area contributed by atoms with Crippen LogP contribution in [0.1, 0.15) is 28.8 Å². The molecule has 0 radical (unpaired) electrons. The lowest BCUT2D eigenvalue weighted by Crippen LogP contribution is -2.27. The zero-order chi connectivity index (χ0) is 14.5. The minimum Gasteiger partial charge on any atom is -0.334 e. The molecule has 0 saturated carbocycles. The Morgan fingerprint density at radius 3 is 2.90 bits per heavy atom. The molecule has 2 rings (SSSR count). The molecule has 0 aliphatic heterocycles. The van der Waals surface area contributed by atoms with Gasteiger partial charge < -0.3 is 10.3 Å². The lowest BCUT2D eigenvalue weighted by molar-refractivity contribution is 0.0781. The molecule has 0 aliphatic rings. The number of carbonyl (C=O) groups is 1. The van der Waals surface area contributed by atoms with Crippen LogP contribution in [-0.2, 0) is 13.0 Å². The standard InChI is InChI=1S/C12H17N7O/c1-3-9-4-8(5-10(16-9)17-13)12(20)19(2)6-11-14-7-15-18-11/h4-5,7H,3,6,13H2,1-2H3,(H,16,17)(H,14,15,18). The van der Waals surface area contributed by atoms with Crippen LogP contribution in [0.3, 0.4) is 0 Å². The second kappa shape index (κ2) is 6.11. The third kappa shape index (κ3) is 3.09. The summed E-state index contributed by atoms with van der Waals surface area (Å²) in [5.41, 5.74) is 3.81. The summed E-state index contributed by atoms with van der Waals surface area (Å²) in [7, 11) is 1.70. The van der Waals surface area contributed by atoms with Gasteiger partial charge >= 0.3 is 0 Å². The Balaban J connectivity index is 2.19. The summed E-state index contributed by atoms with van der Waals surface area (Å²) in [6.45, 7) is 2.32. The third-order valence-corrected chi connectivity index (χ3v) is 2.83. The first-order chi connectivity index (χ1) is 9.63. The van der Waals surface area contributed by atoms with Gasteiger partial charge in [-0.05, 0) is 18.6 Å². The zero-order valence-corrected chi connectivity index (χ0v) is 11.4. The van der Waals surface area contributed by atoms with Crippen LogP contribution in [0.2, 0.25) is 0 Å². The van der Waals surface area contributed by atoms with Gasteiger partial charge in [0.25, 0.3) is 5.91 Å². The lowest BCUT2D eigenvalue weighted by Gasteiger charge is -2.16. The first kappa shape index (κ1) is 13.9. The first-order valence-electron chi connectivity index (χ1n) is 6.21. The lowest BCUT2D eigenvalue weighted by atomic mass is 10.1. The Kier molecular flexibility index (Phi) is 4.26. The quantitative estimate of drug-likeness (QED) is 0.535. The van der Waals surface area contributed by atoms with E-state index in [9.17, 15) is 4.79 Å². The monoisotopic (exact) mass is 275 g/mol. The molecule has 8 heteroatoms. The highest BCUT2D eigenvalue weighted by Crippen LogP contribution is 2.13. The molecule has 8 nitrogen and oxygen atoms in total. The number of H-pyrrole nitrogens is 1. The van der Waals surface area contributed by atoms with Crippen molar-refractivity contribution in [2.45, 2.75) is 19.9 Å². The van der Waals surface area contributed by atoms with Gasteiger partial charge in [0.1, 0.15) is 18.0 Å². The van der Waals surface area contributed by atoms with E-state index in [0.29, 0.717) is 23.8 Å². The highest BCUT2D eigenvalue weighted by atomic mass is 16.2. The molecular formula is C12H17N7O. The van der Waals surface area contributed by atoms with Crippen LogP contribution in [0.5, 0.6) is 0 Å². The highest BCUT2D eigenvalue weighted by Gasteiger charge is 2.15. The van der Waals surface area contributed by atoms with Crippen molar-refractivity contribution in [2.24, 2.45) is 5.84 Å². The molecule has 0 atom stereocenters. The number of nitrogens with two attached hydrogens (primary N) is 1. The molecule has 4 N–H and O–H groups in total. The Hall–Kier alpha value is -2.48. The summed E-state index contributed by atoms with van der Waals surface area (Å²) in [6, 6.07) is 3.39. The van der Waals surface area contributed by atoms with Gasteiger partial charge in [-0.3, -0.25) is 9.89 Å². The fourth-order valence-electron chi connectivity index (χ4n) is 1.79. The van der Waals surface area contributed by atoms with Crippen molar-refractivity contribution in [3.05, 3.63) is 35.5 Å². The number of carbonyl (C=O) groups excluding carboxylic acids is 1. The number of pyridine rings is 1. The van der Waals surface area contributed by atoms with Gasteiger partial charge in [-0.25, -0.2) is 15.8 Å². The number of nitrogen functional groups attached to an aromatic ring is 1. The average Bonchev–Trinajstić information content (AvgIpc) is 2.98. The van der Waals surface area contributed by atoms with E-state index >= 15 is 0 Å². The van der Waals surface area contributed by atoms with Crippen LogP contribution in [0.4, 0.5) is 5.82 Å². The molecule has 1 amide bonds. The number of hydrogen-bond donors (Lipinski definition) is 3. The maximum Gasteiger partial charge on any atom is 0.254 e. The van der Waals surface area contributed by atoms with Gasteiger partial charge in [-0.2, -0.15) is 5.10 Å². The van der Waals surface area contributed by atoms with Crippen LogP contribution in [0, 0.1) is 0 Å².